The number of benzene rings is 2. The van der Waals surface area contributed by atoms with Crippen LogP contribution in [0, 0.1) is 0 Å². The van der Waals surface area contributed by atoms with Gasteiger partial charge in [0.25, 0.3) is 10.0 Å². The standard InChI is InChI=1S/C16H15ClN2O3S/c17-10-16(20)12-1-4-13(5-2-12)19-23(21,22)14-6-3-11-7-8-18-15(11)9-14/h1-6,9,18-19H,7-8,10H2. The first-order valence-corrected chi connectivity index (χ1v) is 9.10. The van der Waals surface area contributed by atoms with Crippen molar-refractivity contribution < 1.29 is 13.2 Å². The molecule has 1 aliphatic heterocycles. The molecular formula is C16H15ClN2O3S. The lowest BCUT2D eigenvalue weighted by Crippen LogP contribution is -2.13. The van der Waals surface area contributed by atoms with Gasteiger partial charge in [-0.25, -0.2) is 8.42 Å². The van der Waals surface area contributed by atoms with E-state index < -0.39 is 10.0 Å². The zero-order valence-electron chi connectivity index (χ0n) is 12.2. The van der Waals surface area contributed by atoms with Crippen molar-refractivity contribution in [2.75, 3.05) is 22.5 Å². The maximum atomic E-state index is 12.4. The number of alkyl halides is 1. The van der Waals surface area contributed by atoms with Crippen molar-refractivity contribution in [3.05, 3.63) is 53.6 Å². The summed E-state index contributed by atoms with van der Waals surface area (Å²) in [5, 5.41) is 3.16. The maximum Gasteiger partial charge on any atom is 0.261 e. The number of anilines is 2. The van der Waals surface area contributed by atoms with E-state index in [4.69, 9.17) is 11.6 Å². The Morgan fingerprint density at radius 1 is 1.17 bits per heavy atom. The minimum Gasteiger partial charge on any atom is -0.384 e. The van der Waals surface area contributed by atoms with E-state index in [1.807, 2.05) is 6.07 Å². The normalized spacial score (nSPS) is 13.3. The summed E-state index contributed by atoms with van der Waals surface area (Å²) >= 11 is 5.49. The molecule has 1 heterocycles. The predicted molar refractivity (Wildman–Crippen MR) is 90.9 cm³/mol. The van der Waals surface area contributed by atoms with Crippen LogP contribution in [0.3, 0.4) is 0 Å². The largest absolute Gasteiger partial charge is 0.384 e. The van der Waals surface area contributed by atoms with E-state index in [1.165, 1.54) is 0 Å². The molecule has 2 aromatic rings. The van der Waals surface area contributed by atoms with E-state index in [0.29, 0.717) is 11.3 Å². The molecule has 1 aliphatic rings. The van der Waals surface area contributed by atoms with Crippen molar-refractivity contribution in [3.63, 3.8) is 0 Å². The highest BCUT2D eigenvalue weighted by atomic mass is 35.5. The molecule has 7 heteroatoms. The summed E-state index contributed by atoms with van der Waals surface area (Å²) < 4.78 is 27.4. The quantitative estimate of drug-likeness (QED) is 0.642. The van der Waals surface area contributed by atoms with Gasteiger partial charge in [-0.2, -0.15) is 0 Å². The van der Waals surface area contributed by atoms with Crippen molar-refractivity contribution in [1.29, 1.82) is 0 Å². The van der Waals surface area contributed by atoms with Gasteiger partial charge in [-0.15, -0.1) is 11.6 Å². The molecule has 23 heavy (non-hydrogen) atoms. The van der Waals surface area contributed by atoms with E-state index in [-0.39, 0.29) is 16.6 Å². The van der Waals surface area contributed by atoms with Crippen molar-refractivity contribution in [3.8, 4) is 0 Å². The van der Waals surface area contributed by atoms with Gasteiger partial charge in [-0.1, -0.05) is 6.07 Å². The third-order valence-corrected chi connectivity index (χ3v) is 5.30. The fourth-order valence-corrected chi connectivity index (χ4v) is 3.69. The Balaban J connectivity index is 1.82. The van der Waals surface area contributed by atoms with Gasteiger partial charge >= 0.3 is 0 Å². The summed E-state index contributed by atoms with van der Waals surface area (Å²) in [5.41, 5.74) is 2.82. The van der Waals surface area contributed by atoms with E-state index >= 15 is 0 Å². The number of nitrogens with one attached hydrogen (secondary N) is 2. The molecule has 0 atom stereocenters. The highest BCUT2D eigenvalue weighted by molar-refractivity contribution is 7.92. The molecular weight excluding hydrogens is 336 g/mol. The van der Waals surface area contributed by atoms with Gasteiger partial charge in [-0.05, 0) is 48.4 Å². The minimum atomic E-state index is -3.67. The lowest BCUT2D eigenvalue weighted by molar-refractivity contribution is 0.102. The van der Waals surface area contributed by atoms with Crippen molar-refractivity contribution >= 4 is 38.8 Å². The van der Waals surface area contributed by atoms with E-state index in [2.05, 4.69) is 10.0 Å². The van der Waals surface area contributed by atoms with Crippen molar-refractivity contribution in [2.24, 2.45) is 0 Å². The van der Waals surface area contributed by atoms with Crippen LogP contribution >= 0.6 is 11.6 Å². The topological polar surface area (TPSA) is 75.3 Å². The number of sulfonamides is 1. The van der Waals surface area contributed by atoms with Crippen molar-refractivity contribution in [1.82, 2.24) is 0 Å². The van der Waals surface area contributed by atoms with Crippen LogP contribution in [-0.2, 0) is 16.4 Å². The minimum absolute atomic E-state index is 0.104. The Hall–Kier alpha value is -2.05. The number of ketones is 1. The summed E-state index contributed by atoms with van der Waals surface area (Å²) in [6.07, 6.45) is 0.902. The number of rotatable bonds is 5. The van der Waals surface area contributed by atoms with Gasteiger partial charge in [0.05, 0.1) is 10.8 Å². The molecule has 5 nitrogen and oxygen atoms in total. The van der Waals surface area contributed by atoms with Crippen LogP contribution in [0.4, 0.5) is 11.4 Å². The lowest BCUT2D eigenvalue weighted by atomic mass is 10.1. The zero-order chi connectivity index (χ0) is 16.4. The maximum absolute atomic E-state index is 12.4. The Morgan fingerprint density at radius 2 is 1.91 bits per heavy atom. The van der Waals surface area contributed by atoms with E-state index in [1.54, 1.807) is 36.4 Å². The Bertz CT molecular complexity index is 848. The number of carbonyl (C=O) groups excluding carboxylic acids is 1. The summed E-state index contributed by atoms with van der Waals surface area (Å²) in [6.45, 7) is 0.822. The first kappa shape index (κ1) is 15.8. The average molecular weight is 351 g/mol. The first-order valence-electron chi connectivity index (χ1n) is 7.08. The Kier molecular flexibility index (Phi) is 4.28. The number of Topliss-reactive ketones (excluding diaryl/α,β-unsaturated/α-hetero) is 1. The van der Waals surface area contributed by atoms with Crippen molar-refractivity contribution in [2.45, 2.75) is 11.3 Å². The van der Waals surface area contributed by atoms with E-state index in [9.17, 15) is 13.2 Å². The molecule has 2 aromatic carbocycles. The first-order chi connectivity index (χ1) is 11.0. The van der Waals surface area contributed by atoms with Crippen LogP contribution in [0.5, 0.6) is 0 Å². The molecule has 0 bridgehead atoms. The van der Waals surface area contributed by atoms with Crippen LogP contribution in [0.15, 0.2) is 47.4 Å². The second kappa shape index (κ2) is 6.22. The van der Waals surface area contributed by atoms with Gasteiger partial charge in [0.15, 0.2) is 5.78 Å². The average Bonchev–Trinajstić information content (AvgIpc) is 3.02. The second-order valence-corrected chi connectivity index (χ2v) is 7.19. The Morgan fingerprint density at radius 3 is 2.61 bits per heavy atom. The highest BCUT2D eigenvalue weighted by Crippen LogP contribution is 2.26. The van der Waals surface area contributed by atoms with Crippen LogP contribution < -0.4 is 10.0 Å². The number of carbonyl (C=O) groups is 1. The predicted octanol–water partition coefficient (Wildman–Crippen LogP) is 2.88. The number of fused-ring (bicyclic) bond motifs is 1. The van der Waals surface area contributed by atoms with Crippen LogP contribution in [0.1, 0.15) is 15.9 Å². The molecule has 0 aliphatic carbocycles. The Labute approximate surface area is 139 Å². The molecule has 2 N–H and O–H groups in total. The highest BCUT2D eigenvalue weighted by Gasteiger charge is 2.18. The van der Waals surface area contributed by atoms with Gasteiger partial charge in [-0.3, -0.25) is 9.52 Å². The summed E-state index contributed by atoms with van der Waals surface area (Å²) in [7, 11) is -3.67. The summed E-state index contributed by atoms with van der Waals surface area (Å²) in [4.78, 5) is 11.7. The van der Waals surface area contributed by atoms with Crippen LogP contribution in [-0.4, -0.2) is 26.6 Å². The molecule has 0 saturated carbocycles. The molecule has 0 aromatic heterocycles. The smallest absolute Gasteiger partial charge is 0.261 e. The fourth-order valence-electron chi connectivity index (χ4n) is 2.45. The lowest BCUT2D eigenvalue weighted by Gasteiger charge is -2.10. The molecule has 0 saturated heterocycles. The summed E-state index contributed by atoms with van der Waals surface area (Å²) in [6, 6.07) is 11.2. The third-order valence-electron chi connectivity index (χ3n) is 3.68. The molecule has 3 rings (SSSR count). The molecule has 0 fully saturated rings. The second-order valence-electron chi connectivity index (χ2n) is 5.24. The fraction of sp³-hybridized carbons (Fsp3) is 0.188. The zero-order valence-corrected chi connectivity index (χ0v) is 13.7. The van der Waals surface area contributed by atoms with E-state index in [0.717, 1.165) is 24.2 Å². The molecule has 0 amide bonds. The van der Waals surface area contributed by atoms with Gasteiger partial charge in [0.2, 0.25) is 0 Å². The SMILES string of the molecule is O=C(CCl)c1ccc(NS(=O)(=O)c2ccc3c(c2)NCC3)cc1. The molecule has 0 radical (unpaired) electrons. The number of halogens is 1. The number of hydrogen-bond donors (Lipinski definition) is 2. The van der Waals surface area contributed by atoms with Gasteiger partial charge in [0, 0.05) is 23.5 Å². The number of hydrogen-bond acceptors (Lipinski definition) is 4. The van der Waals surface area contributed by atoms with Gasteiger partial charge in [0.1, 0.15) is 0 Å². The monoisotopic (exact) mass is 350 g/mol. The molecule has 120 valence electrons. The summed E-state index contributed by atoms with van der Waals surface area (Å²) in [5.74, 6) is -0.307. The van der Waals surface area contributed by atoms with Gasteiger partial charge < -0.3 is 5.32 Å². The molecule has 0 unspecified atom stereocenters. The molecule has 0 spiro atoms. The van der Waals surface area contributed by atoms with Crippen LogP contribution in [0.2, 0.25) is 0 Å². The van der Waals surface area contributed by atoms with Crippen LogP contribution in [0.25, 0.3) is 0 Å². The third kappa shape index (κ3) is 3.33.